The van der Waals surface area contributed by atoms with E-state index >= 15 is 0 Å². The van der Waals surface area contributed by atoms with Gasteiger partial charge in [-0.3, -0.25) is 9.78 Å². The largest absolute Gasteiger partial charge is 0.335 e. The summed E-state index contributed by atoms with van der Waals surface area (Å²) in [5.41, 5.74) is 3.12. The molecule has 112 valence electrons. The van der Waals surface area contributed by atoms with E-state index in [1.54, 1.807) is 30.4 Å². The number of carbonyl (C=O) groups excluding carboxylic acids is 1. The molecule has 1 amide bonds. The average Bonchev–Trinajstić information content (AvgIpc) is 2.91. The number of hydrogen-bond donors (Lipinski definition) is 1. The second kappa shape index (κ2) is 5.55. The van der Waals surface area contributed by atoms with E-state index in [0.29, 0.717) is 17.6 Å². The van der Waals surface area contributed by atoms with Gasteiger partial charge in [0.05, 0.1) is 11.0 Å². The summed E-state index contributed by atoms with van der Waals surface area (Å²) in [6.45, 7) is 2.41. The van der Waals surface area contributed by atoms with Gasteiger partial charge in [0.2, 0.25) is 0 Å². The molecule has 1 aromatic carbocycles. The van der Waals surface area contributed by atoms with Gasteiger partial charge in [-0.15, -0.1) is 0 Å². The Bertz CT molecular complexity index is 843. The van der Waals surface area contributed by atoms with E-state index in [2.05, 4.69) is 15.0 Å². The first-order valence-electron chi connectivity index (χ1n) is 6.85. The molecule has 0 aliphatic heterocycles. The molecule has 0 saturated heterocycles. The Balaban J connectivity index is 1.84. The Morgan fingerprint density at radius 2 is 2.18 bits per heavy atom. The number of pyridine rings is 1. The van der Waals surface area contributed by atoms with Crippen LogP contribution in [0.5, 0.6) is 0 Å². The van der Waals surface area contributed by atoms with Crippen LogP contribution in [-0.4, -0.2) is 32.8 Å². The molecule has 22 heavy (non-hydrogen) atoms. The zero-order chi connectivity index (χ0) is 15.7. The van der Waals surface area contributed by atoms with Gasteiger partial charge in [-0.2, -0.15) is 0 Å². The first-order chi connectivity index (χ1) is 10.5. The second-order valence-electron chi connectivity index (χ2n) is 5.21. The molecule has 0 radical (unpaired) electrons. The third kappa shape index (κ3) is 2.67. The third-order valence-corrected chi connectivity index (χ3v) is 3.54. The zero-order valence-corrected chi connectivity index (χ0v) is 12.3. The van der Waals surface area contributed by atoms with E-state index in [9.17, 15) is 9.18 Å². The van der Waals surface area contributed by atoms with Crippen molar-refractivity contribution >= 4 is 16.9 Å². The number of nitrogens with zero attached hydrogens (tertiary/aromatic N) is 3. The van der Waals surface area contributed by atoms with Crippen molar-refractivity contribution in [2.45, 2.75) is 13.5 Å². The van der Waals surface area contributed by atoms with E-state index in [4.69, 9.17) is 0 Å². The highest BCUT2D eigenvalue weighted by Gasteiger charge is 2.17. The minimum atomic E-state index is -0.365. The number of rotatable bonds is 3. The van der Waals surface area contributed by atoms with E-state index in [1.165, 1.54) is 12.1 Å². The van der Waals surface area contributed by atoms with Crippen LogP contribution in [0.1, 0.15) is 21.7 Å². The van der Waals surface area contributed by atoms with Gasteiger partial charge in [0.25, 0.3) is 5.91 Å². The zero-order valence-electron chi connectivity index (χ0n) is 12.3. The van der Waals surface area contributed by atoms with E-state index < -0.39 is 0 Å². The molecule has 2 heterocycles. The summed E-state index contributed by atoms with van der Waals surface area (Å²) in [6, 6.07) is 6.08. The summed E-state index contributed by atoms with van der Waals surface area (Å²) in [4.78, 5) is 25.1. The van der Waals surface area contributed by atoms with Crippen LogP contribution in [0, 0.1) is 12.7 Å². The smallest absolute Gasteiger partial charge is 0.289 e. The van der Waals surface area contributed by atoms with Crippen molar-refractivity contribution < 1.29 is 9.18 Å². The molecule has 0 aliphatic carbocycles. The summed E-state index contributed by atoms with van der Waals surface area (Å²) in [5, 5.41) is 0. The van der Waals surface area contributed by atoms with Crippen molar-refractivity contribution in [1.29, 1.82) is 0 Å². The lowest BCUT2D eigenvalue weighted by Crippen LogP contribution is -2.27. The summed E-state index contributed by atoms with van der Waals surface area (Å²) in [5.74, 6) is -0.404. The van der Waals surface area contributed by atoms with Crippen LogP contribution in [-0.2, 0) is 6.54 Å². The highest BCUT2D eigenvalue weighted by atomic mass is 19.1. The predicted molar refractivity (Wildman–Crippen MR) is 80.8 cm³/mol. The van der Waals surface area contributed by atoms with E-state index in [1.807, 2.05) is 13.0 Å². The molecule has 0 saturated carbocycles. The summed E-state index contributed by atoms with van der Waals surface area (Å²) in [7, 11) is 1.70. The maximum Gasteiger partial charge on any atom is 0.289 e. The van der Waals surface area contributed by atoms with Crippen molar-refractivity contribution in [3.05, 3.63) is 59.4 Å². The Morgan fingerprint density at radius 3 is 2.95 bits per heavy atom. The number of aromatic amines is 1. The van der Waals surface area contributed by atoms with Gasteiger partial charge >= 0.3 is 0 Å². The molecule has 3 aromatic rings. The molecule has 1 N–H and O–H groups in total. The predicted octanol–water partition coefficient (Wildman–Crippen LogP) is 2.68. The van der Waals surface area contributed by atoms with Crippen LogP contribution in [0.3, 0.4) is 0 Å². The number of amides is 1. The molecule has 2 aromatic heterocycles. The van der Waals surface area contributed by atoms with Gasteiger partial charge in [0, 0.05) is 26.0 Å². The molecule has 0 spiro atoms. The highest BCUT2D eigenvalue weighted by Crippen LogP contribution is 2.15. The fourth-order valence-electron chi connectivity index (χ4n) is 2.27. The average molecular weight is 298 g/mol. The summed E-state index contributed by atoms with van der Waals surface area (Å²) in [6.07, 6.45) is 3.46. The molecular weight excluding hydrogens is 283 g/mol. The Kier molecular flexibility index (Phi) is 3.58. The number of hydrogen-bond acceptors (Lipinski definition) is 3. The number of fused-ring (bicyclic) bond motifs is 1. The van der Waals surface area contributed by atoms with Crippen molar-refractivity contribution in [3.8, 4) is 0 Å². The van der Waals surface area contributed by atoms with E-state index in [-0.39, 0.29) is 17.5 Å². The molecule has 0 aliphatic rings. The molecule has 0 atom stereocenters. The number of imidazole rings is 1. The second-order valence-corrected chi connectivity index (χ2v) is 5.21. The minimum Gasteiger partial charge on any atom is -0.335 e. The van der Waals surface area contributed by atoms with Crippen LogP contribution in [0.2, 0.25) is 0 Å². The van der Waals surface area contributed by atoms with Crippen LogP contribution in [0.15, 0.2) is 36.7 Å². The van der Waals surface area contributed by atoms with Crippen molar-refractivity contribution in [2.75, 3.05) is 7.05 Å². The lowest BCUT2D eigenvalue weighted by Gasteiger charge is -2.16. The van der Waals surface area contributed by atoms with Gasteiger partial charge in [-0.25, -0.2) is 9.37 Å². The Hall–Kier alpha value is -2.76. The van der Waals surface area contributed by atoms with Gasteiger partial charge in [-0.1, -0.05) is 0 Å². The fourth-order valence-corrected chi connectivity index (χ4v) is 2.27. The maximum atomic E-state index is 13.2. The lowest BCUT2D eigenvalue weighted by molar-refractivity contribution is 0.0774. The number of benzene rings is 1. The van der Waals surface area contributed by atoms with E-state index in [0.717, 1.165) is 11.1 Å². The van der Waals surface area contributed by atoms with Gasteiger partial charge in [0.15, 0.2) is 5.82 Å². The molecule has 3 rings (SSSR count). The first kappa shape index (κ1) is 14.2. The van der Waals surface area contributed by atoms with Crippen LogP contribution in [0.25, 0.3) is 11.0 Å². The van der Waals surface area contributed by atoms with Gasteiger partial charge in [0.1, 0.15) is 5.82 Å². The van der Waals surface area contributed by atoms with Crippen molar-refractivity contribution in [3.63, 3.8) is 0 Å². The van der Waals surface area contributed by atoms with Crippen LogP contribution >= 0.6 is 0 Å². The Labute approximate surface area is 126 Å². The normalized spacial score (nSPS) is 10.9. The molecular formula is C16H15FN4O. The van der Waals surface area contributed by atoms with Crippen molar-refractivity contribution in [1.82, 2.24) is 19.9 Å². The standard InChI is InChI=1S/C16H15FN4O/c1-10-8-18-6-5-11(10)9-21(2)16(22)15-19-13-4-3-12(17)7-14(13)20-15/h3-8H,9H2,1-2H3,(H,19,20). The number of halogens is 1. The van der Waals surface area contributed by atoms with Crippen LogP contribution < -0.4 is 0 Å². The SMILES string of the molecule is Cc1cnccc1CN(C)C(=O)c1nc2ccc(F)cc2[nH]1. The number of aryl methyl sites for hydroxylation is 1. The molecule has 0 bridgehead atoms. The molecule has 5 nitrogen and oxygen atoms in total. The van der Waals surface area contributed by atoms with Crippen LogP contribution in [0.4, 0.5) is 4.39 Å². The summed E-state index contributed by atoms with van der Waals surface area (Å²) < 4.78 is 13.2. The fraction of sp³-hybridized carbons (Fsp3) is 0.188. The summed E-state index contributed by atoms with van der Waals surface area (Å²) >= 11 is 0. The monoisotopic (exact) mass is 298 g/mol. The third-order valence-electron chi connectivity index (χ3n) is 3.54. The molecule has 6 heteroatoms. The minimum absolute atomic E-state index is 0.204. The van der Waals surface area contributed by atoms with Gasteiger partial charge in [-0.05, 0) is 42.3 Å². The highest BCUT2D eigenvalue weighted by molar-refractivity contribution is 5.94. The number of aromatic nitrogens is 3. The lowest BCUT2D eigenvalue weighted by atomic mass is 10.1. The topological polar surface area (TPSA) is 61.9 Å². The number of carbonyl (C=O) groups is 1. The van der Waals surface area contributed by atoms with Crippen molar-refractivity contribution in [2.24, 2.45) is 0 Å². The number of H-pyrrole nitrogens is 1. The number of nitrogens with one attached hydrogen (secondary N) is 1. The Morgan fingerprint density at radius 1 is 1.36 bits per heavy atom. The maximum absolute atomic E-state index is 13.2. The first-order valence-corrected chi connectivity index (χ1v) is 6.85. The van der Waals surface area contributed by atoms with Gasteiger partial charge < -0.3 is 9.88 Å². The quantitative estimate of drug-likeness (QED) is 0.808. The molecule has 0 fully saturated rings. The molecule has 0 unspecified atom stereocenters.